The molecule has 2 aliphatic rings. The number of likely N-dealkylation sites (tertiary alicyclic amines) is 1. The molecular formula is C19H25N5O2. The molecule has 2 aromatic rings. The van der Waals surface area contributed by atoms with E-state index in [-0.39, 0.29) is 12.1 Å². The van der Waals surface area contributed by atoms with Crippen LogP contribution in [0.15, 0.2) is 28.7 Å². The van der Waals surface area contributed by atoms with E-state index >= 15 is 0 Å². The van der Waals surface area contributed by atoms with E-state index in [2.05, 4.69) is 40.2 Å². The van der Waals surface area contributed by atoms with Gasteiger partial charge in [0.2, 0.25) is 5.89 Å². The van der Waals surface area contributed by atoms with E-state index in [1.54, 1.807) is 11.8 Å². The Morgan fingerprint density at radius 1 is 1.15 bits per heavy atom. The Balaban J connectivity index is 1.67. The van der Waals surface area contributed by atoms with Gasteiger partial charge in [0.05, 0.1) is 6.04 Å². The van der Waals surface area contributed by atoms with Crippen molar-refractivity contribution in [2.75, 3.05) is 38.6 Å². The number of benzene rings is 1. The first-order chi connectivity index (χ1) is 12.5. The van der Waals surface area contributed by atoms with Gasteiger partial charge < -0.3 is 19.1 Å². The second kappa shape index (κ2) is 6.30. The molecule has 26 heavy (non-hydrogen) atoms. The number of carbonyl (C=O) groups excluding carboxylic acids is 1. The van der Waals surface area contributed by atoms with Crippen molar-refractivity contribution in [2.24, 2.45) is 11.8 Å². The average Bonchev–Trinajstić information content (AvgIpc) is 3.28. The minimum absolute atomic E-state index is 0.0742. The van der Waals surface area contributed by atoms with Gasteiger partial charge in [0.15, 0.2) is 0 Å². The molecule has 1 aromatic heterocycles. The Bertz CT molecular complexity index is 818. The average molecular weight is 355 g/mol. The maximum absolute atomic E-state index is 12.8. The quantitative estimate of drug-likeness (QED) is 0.828. The molecule has 2 amide bonds. The molecule has 4 rings (SSSR count). The number of rotatable bonds is 2. The zero-order chi connectivity index (χ0) is 18.4. The maximum Gasteiger partial charge on any atom is 0.320 e. The molecule has 0 spiro atoms. The lowest BCUT2D eigenvalue weighted by molar-refractivity contribution is 0.159. The predicted octanol–water partition coefficient (Wildman–Crippen LogP) is 2.48. The highest BCUT2D eigenvalue weighted by Crippen LogP contribution is 2.46. The summed E-state index contributed by atoms with van der Waals surface area (Å²) in [5.74, 6) is 1.33. The summed E-state index contributed by atoms with van der Waals surface area (Å²) in [6.45, 7) is 6.34. The highest BCUT2D eigenvalue weighted by atomic mass is 16.4. The van der Waals surface area contributed by atoms with Crippen LogP contribution in [0, 0.1) is 25.7 Å². The lowest BCUT2D eigenvalue weighted by Gasteiger charge is -2.32. The number of urea groups is 1. The number of aromatic nitrogens is 2. The van der Waals surface area contributed by atoms with Crippen LogP contribution in [0.5, 0.6) is 0 Å². The molecule has 0 saturated carbocycles. The highest BCUT2D eigenvalue weighted by Gasteiger charge is 2.50. The second-order valence-corrected chi connectivity index (χ2v) is 7.56. The first-order valence-corrected chi connectivity index (χ1v) is 9.04. The molecule has 1 aromatic carbocycles. The van der Waals surface area contributed by atoms with Gasteiger partial charge in [0.1, 0.15) is 0 Å². The summed E-state index contributed by atoms with van der Waals surface area (Å²) in [6.07, 6.45) is 0. The normalized spacial score (nSPS) is 24.8. The third-order valence-corrected chi connectivity index (χ3v) is 5.59. The lowest BCUT2D eigenvalue weighted by Crippen LogP contribution is -2.41. The fraction of sp³-hybridized carbons (Fsp3) is 0.526. The van der Waals surface area contributed by atoms with Crippen LogP contribution in [-0.2, 0) is 0 Å². The summed E-state index contributed by atoms with van der Waals surface area (Å²) in [5.41, 5.74) is 2.46. The van der Waals surface area contributed by atoms with E-state index in [4.69, 9.17) is 4.42 Å². The second-order valence-electron chi connectivity index (χ2n) is 7.56. The van der Waals surface area contributed by atoms with Crippen LogP contribution in [-0.4, -0.2) is 59.8 Å². The van der Waals surface area contributed by atoms with Gasteiger partial charge in [-0.1, -0.05) is 29.4 Å². The van der Waals surface area contributed by atoms with E-state index in [9.17, 15) is 4.79 Å². The number of hydrogen-bond donors (Lipinski definition) is 0. The number of hydrogen-bond acceptors (Lipinski definition) is 5. The van der Waals surface area contributed by atoms with E-state index in [0.717, 1.165) is 19.6 Å². The van der Waals surface area contributed by atoms with E-state index in [1.165, 1.54) is 11.1 Å². The molecule has 7 heteroatoms. The molecule has 2 aliphatic heterocycles. The van der Waals surface area contributed by atoms with Crippen LogP contribution in [0.3, 0.4) is 0 Å². The van der Waals surface area contributed by atoms with Crippen LogP contribution in [0.1, 0.15) is 23.1 Å². The number of anilines is 1. The maximum atomic E-state index is 12.8. The Labute approximate surface area is 153 Å². The van der Waals surface area contributed by atoms with Crippen molar-refractivity contribution in [1.82, 2.24) is 20.0 Å². The molecule has 138 valence electrons. The molecule has 7 nitrogen and oxygen atoms in total. The van der Waals surface area contributed by atoms with Crippen LogP contribution in [0.4, 0.5) is 10.8 Å². The van der Waals surface area contributed by atoms with Crippen LogP contribution in [0.2, 0.25) is 0 Å². The molecule has 0 radical (unpaired) electrons. The van der Waals surface area contributed by atoms with Crippen molar-refractivity contribution >= 4 is 12.0 Å². The van der Waals surface area contributed by atoms with Gasteiger partial charge in [-0.3, -0.25) is 0 Å². The summed E-state index contributed by atoms with van der Waals surface area (Å²) in [5, 5.41) is 8.13. The minimum atomic E-state index is 0.0742. The van der Waals surface area contributed by atoms with Crippen molar-refractivity contribution in [2.45, 2.75) is 19.9 Å². The van der Waals surface area contributed by atoms with Crippen LogP contribution >= 0.6 is 0 Å². The molecule has 2 saturated heterocycles. The van der Waals surface area contributed by atoms with Crippen molar-refractivity contribution in [3.8, 4) is 0 Å². The van der Waals surface area contributed by atoms with Gasteiger partial charge in [0.25, 0.3) is 0 Å². The van der Waals surface area contributed by atoms with E-state index in [1.807, 2.05) is 25.1 Å². The highest BCUT2D eigenvalue weighted by molar-refractivity contribution is 5.75. The number of nitrogens with zero attached hydrogens (tertiary/aromatic N) is 5. The van der Waals surface area contributed by atoms with Gasteiger partial charge in [-0.05, 0) is 18.1 Å². The predicted molar refractivity (Wildman–Crippen MR) is 97.9 cm³/mol. The summed E-state index contributed by atoms with van der Waals surface area (Å²) in [4.78, 5) is 18.7. The summed E-state index contributed by atoms with van der Waals surface area (Å²) in [6, 6.07) is 9.12. The monoisotopic (exact) mass is 355 g/mol. The first kappa shape index (κ1) is 16.9. The van der Waals surface area contributed by atoms with Gasteiger partial charge in [-0.2, -0.15) is 0 Å². The molecule has 3 heterocycles. The molecule has 0 unspecified atom stereocenters. The fourth-order valence-electron chi connectivity index (χ4n) is 4.39. The van der Waals surface area contributed by atoms with E-state index in [0.29, 0.717) is 23.7 Å². The van der Waals surface area contributed by atoms with Crippen molar-refractivity contribution in [3.05, 3.63) is 41.3 Å². The third-order valence-electron chi connectivity index (χ3n) is 5.59. The Morgan fingerprint density at radius 3 is 2.58 bits per heavy atom. The topological polar surface area (TPSA) is 65.7 Å². The Kier molecular flexibility index (Phi) is 4.09. The molecule has 3 atom stereocenters. The summed E-state index contributed by atoms with van der Waals surface area (Å²) in [7, 11) is 3.64. The SMILES string of the molecule is Cc1nnc(N2C[C@@H]3CN(C(=O)N(C)C)[C@@H](c4ccccc4C)[C@@H]3C2)o1. The van der Waals surface area contributed by atoms with Crippen molar-refractivity contribution in [1.29, 1.82) is 0 Å². The number of aryl methyl sites for hydroxylation is 2. The third kappa shape index (κ3) is 2.71. The van der Waals surface area contributed by atoms with Crippen LogP contribution < -0.4 is 4.90 Å². The standard InChI is InChI=1S/C19H25N5O2/c1-12-7-5-6-8-15(12)17-16-11-23(18-21-20-13(2)26-18)9-14(16)10-24(17)19(25)22(3)4/h5-8,14,16-17H,9-11H2,1-4H3/t14-,16-,17+/m1/s1. The molecule has 0 aliphatic carbocycles. The molecule has 0 N–H and O–H groups in total. The van der Waals surface area contributed by atoms with Gasteiger partial charge in [0, 0.05) is 52.5 Å². The zero-order valence-corrected chi connectivity index (χ0v) is 15.7. The lowest BCUT2D eigenvalue weighted by atomic mass is 9.88. The van der Waals surface area contributed by atoms with Crippen molar-refractivity contribution in [3.63, 3.8) is 0 Å². The fourth-order valence-corrected chi connectivity index (χ4v) is 4.39. The number of fused-ring (bicyclic) bond motifs is 1. The molecule has 2 fully saturated rings. The zero-order valence-electron chi connectivity index (χ0n) is 15.7. The molecular weight excluding hydrogens is 330 g/mol. The Morgan fingerprint density at radius 2 is 1.92 bits per heavy atom. The van der Waals surface area contributed by atoms with Crippen LogP contribution in [0.25, 0.3) is 0 Å². The molecule has 0 bridgehead atoms. The summed E-state index contributed by atoms with van der Waals surface area (Å²) < 4.78 is 5.62. The minimum Gasteiger partial charge on any atom is -0.408 e. The number of amides is 2. The summed E-state index contributed by atoms with van der Waals surface area (Å²) >= 11 is 0. The van der Waals surface area contributed by atoms with Crippen molar-refractivity contribution < 1.29 is 9.21 Å². The van der Waals surface area contributed by atoms with Gasteiger partial charge in [-0.15, -0.1) is 5.10 Å². The number of carbonyl (C=O) groups is 1. The smallest absolute Gasteiger partial charge is 0.320 e. The van der Waals surface area contributed by atoms with Gasteiger partial charge >= 0.3 is 12.0 Å². The van der Waals surface area contributed by atoms with Gasteiger partial charge in [-0.25, -0.2) is 4.79 Å². The van der Waals surface area contributed by atoms with E-state index < -0.39 is 0 Å². The largest absolute Gasteiger partial charge is 0.408 e. The Hall–Kier alpha value is -2.57. The first-order valence-electron chi connectivity index (χ1n) is 9.04.